The van der Waals surface area contributed by atoms with Crippen LogP contribution in [0.25, 0.3) is 28.2 Å². The summed E-state index contributed by atoms with van der Waals surface area (Å²) >= 11 is 0. The molecule has 1 fully saturated rings. The summed E-state index contributed by atoms with van der Waals surface area (Å²) < 4.78 is 41.9. The van der Waals surface area contributed by atoms with Crippen LogP contribution in [0.1, 0.15) is 35.2 Å². The number of carbonyl (C=O) groups is 1. The summed E-state index contributed by atoms with van der Waals surface area (Å²) in [4.78, 5) is 17.7. The predicted molar refractivity (Wildman–Crippen MR) is 146 cm³/mol. The molecule has 0 radical (unpaired) electrons. The number of sulfonamides is 1. The van der Waals surface area contributed by atoms with Crippen LogP contribution in [-0.4, -0.2) is 53.4 Å². The molecule has 0 amide bonds. The van der Waals surface area contributed by atoms with Gasteiger partial charge in [-0.2, -0.15) is 4.31 Å². The minimum atomic E-state index is -3.77. The lowest BCUT2D eigenvalue weighted by molar-refractivity contribution is 0.101. The third-order valence-corrected chi connectivity index (χ3v) is 9.18. The van der Waals surface area contributed by atoms with Gasteiger partial charge in [0.2, 0.25) is 15.8 Å². The molecule has 0 atom stereocenters. The number of hydrogen-bond acceptors (Lipinski definition) is 7. The van der Waals surface area contributed by atoms with Gasteiger partial charge in [0.25, 0.3) is 0 Å². The number of ether oxygens (including phenoxy) is 2. The van der Waals surface area contributed by atoms with Crippen LogP contribution in [0.3, 0.4) is 0 Å². The first-order valence-corrected chi connectivity index (χ1v) is 14.1. The normalized spacial score (nSPS) is 17.0. The first kappa shape index (κ1) is 25.1. The Labute approximate surface area is 226 Å². The van der Waals surface area contributed by atoms with Gasteiger partial charge in [0, 0.05) is 43.5 Å². The van der Waals surface area contributed by atoms with Gasteiger partial charge >= 0.3 is 0 Å². The van der Waals surface area contributed by atoms with Gasteiger partial charge in [-0.1, -0.05) is 18.6 Å². The van der Waals surface area contributed by atoms with E-state index in [9.17, 15) is 18.3 Å². The number of fused-ring (bicyclic) bond motifs is 2. The molecule has 1 N–H and O–H groups in total. The van der Waals surface area contributed by atoms with Gasteiger partial charge in [-0.25, -0.2) is 13.4 Å². The molecular formula is C29H27N3O6S. The van der Waals surface area contributed by atoms with Gasteiger partial charge < -0.3 is 19.1 Å². The van der Waals surface area contributed by atoms with Crippen molar-refractivity contribution >= 4 is 32.9 Å². The van der Waals surface area contributed by atoms with Crippen LogP contribution in [0.5, 0.6) is 17.2 Å². The van der Waals surface area contributed by atoms with Crippen LogP contribution in [-0.2, 0) is 17.1 Å². The molecule has 0 bridgehead atoms. The highest BCUT2D eigenvalue weighted by atomic mass is 32.2. The molecule has 10 heteroatoms. The van der Waals surface area contributed by atoms with Crippen LogP contribution in [0.2, 0.25) is 0 Å². The Morgan fingerprint density at radius 3 is 2.64 bits per heavy atom. The van der Waals surface area contributed by atoms with Gasteiger partial charge in [0.1, 0.15) is 33.4 Å². The fraction of sp³-hybridized carbons (Fsp3) is 0.241. The highest BCUT2D eigenvalue weighted by Gasteiger charge is 2.32. The fourth-order valence-corrected chi connectivity index (χ4v) is 7.03. The van der Waals surface area contributed by atoms with Crippen molar-refractivity contribution in [3.05, 3.63) is 71.7 Å². The third-order valence-electron chi connectivity index (χ3n) is 7.26. The van der Waals surface area contributed by atoms with Crippen LogP contribution in [0, 0.1) is 0 Å². The summed E-state index contributed by atoms with van der Waals surface area (Å²) in [5, 5.41) is 10.9. The molecule has 2 aromatic carbocycles. The maximum Gasteiger partial charge on any atom is 0.246 e. The lowest BCUT2D eigenvalue weighted by Crippen LogP contribution is -2.35. The number of pyridine rings is 1. The molecule has 0 saturated carbocycles. The quantitative estimate of drug-likeness (QED) is 0.361. The van der Waals surface area contributed by atoms with Crippen LogP contribution < -0.4 is 9.47 Å². The molecule has 200 valence electrons. The molecule has 0 aliphatic carbocycles. The molecule has 0 spiro atoms. The van der Waals surface area contributed by atoms with Crippen molar-refractivity contribution in [2.75, 3.05) is 20.2 Å². The van der Waals surface area contributed by atoms with Crippen molar-refractivity contribution in [3.8, 4) is 28.4 Å². The number of aromatic nitrogens is 2. The van der Waals surface area contributed by atoms with E-state index in [-0.39, 0.29) is 27.7 Å². The lowest BCUT2D eigenvalue weighted by Gasteiger charge is -2.26. The largest absolute Gasteiger partial charge is 0.507 e. The number of rotatable bonds is 5. The number of carbonyl (C=O) groups excluding carboxylic acids is 1. The van der Waals surface area contributed by atoms with Gasteiger partial charge in [0.15, 0.2) is 5.76 Å². The van der Waals surface area contributed by atoms with Crippen molar-refractivity contribution in [1.29, 1.82) is 0 Å². The summed E-state index contributed by atoms with van der Waals surface area (Å²) in [7, 11) is -0.457. The zero-order valence-corrected chi connectivity index (χ0v) is 22.4. The highest BCUT2D eigenvalue weighted by Crippen LogP contribution is 2.40. The molecule has 4 aromatic rings. The first-order valence-electron chi connectivity index (χ1n) is 12.7. The van der Waals surface area contributed by atoms with Crippen molar-refractivity contribution in [3.63, 3.8) is 0 Å². The van der Waals surface area contributed by atoms with Gasteiger partial charge in [0.05, 0.1) is 7.11 Å². The van der Waals surface area contributed by atoms with Crippen molar-refractivity contribution < 1.29 is 27.8 Å². The summed E-state index contributed by atoms with van der Waals surface area (Å²) in [5.74, 6) is 0.115. The second-order valence-electron chi connectivity index (χ2n) is 9.67. The van der Waals surface area contributed by atoms with Crippen LogP contribution in [0.15, 0.2) is 65.5 Å². The van der Waals surface area contributed by atoms with Gasteiger partial charge in [-0.05, 0) is 60.4 Å². The molecule has 4 heterocycles. The van der Waals surface area contributed by atoms with Crippen molar-refractivity contribution in [1.82, 2.24) is 13.9 Å². The fourth-order valence-electron chi connectivity index (χ4n) is 5.33. The number of nitrogens with zero attached hydrogens (tertiary/aromatic N) is 3. The van der Waals surface area contributed by atoms with Gasteiger partial charge in [-0.15, -0.1) is 0 Å². The number of aromatic hydroxyl groups is 1. The Morgan fingerprint density at radius 2 is 1.90 bits per heavy atom. The molecule has 9 nitrogen and oxygen atoms in total. The van der Waals surface area contributed by atoms with E-state index in [1.165, 1.54) is 17.5 Å². The number of hydrogen-bond donors (Lipinski definition) is 1. The maximum absolute atomic E-state index is 13.6. The Balaban J connectivity index is 1.49. The number of phenolic OH excluding ortho intramolecular Hbond substituents is 1. The lowest BCUT2D eigenvalue weighted by atomic mass is 10.0. The standard InChI is InChI=1S/C29H27N3O6S/c1-31-17-19(15-24-28(34)27-21(33)7-6-8-23(27)38-24)26-20(11-12-30-29(26)31)18-9-10-22(37-2)25(16-18)39(35,36)32-13-4-3-5-14-32/h6-12,15-17,33H,3-5,13-14H2,1-2H3/b24-15-. The number of phenols is 1. The van der Waals surface area contributed by atoms with E-state index in [0.717, 1.165) is 30.2 Å². The average molecular weight is 546 g/mol. The summed E-state index contributed by atoms with van der Waals surface area (Å²) in [6.45, 7) is 0.967. The van der Waals surface area contributed by atoms with E-state index >= 15 is 0 Å². The molecule has 0 unspecified atom stereocenters. The number of methoxy groups -OCH3 is 1. The van der Waals surface area contributed by atoms with Crippen molar-refractivity contribution in [2.45, 2.75) is 24.2 Å². The molecule has 39 heavy (non-hydrogen) atoms. The predicted octanol–water partition coefficient (Wildman–Crippen LogP) is 4.75. The topological polar surface area (TPSA) is 111 Å². The Hall–Kier alpha value is -4.15. The average Bonchev–Trinajstić information content (AvgIpc) is 3.45. The van der Waals surface area contributed by atoms with E-state index in [1.807, 2.05) is 29.9 Å². The summed E-state index contributed by atoms with van der Waals surface area (Å²) in [5.41, 5.74) is 2.87. The molecule has 6 rings (SSSR count). The third kappa shape index (κ3) is 4.16. The zero-order valence-electron chi connectivity index (χ0n) is 21.5. The number of benzene rings is 2. The molecule has 2 aliphatic heterocycles. The SMILES string of the molecule is COc1ccc(-c2ccnc3c2c(/C=C2\Oc4cccc(O)c4C2=O)cn3C)cc1S(=O)(=O)N1CCCCC1. The number of ketones is 1. The maximum atomic E-state index is 13.6. The van der Waals surface area contributed by atoms with Crippen LogP contribution in [0.4, 0.5) is 0 Å². The highest BCUT2D eigenvalue weighted by molar-refractivity contribution is 7.89. The van der Waals surface area contributed by atoms with E-state index in [0.29, 0.717) is 35.6 Å². The zero-order chi connectivity index (χ0) is 27.3. The Morgan fingerprint density at radius 1 is 1.10 bits per heavy atom. The molecule has 1 saturated heterocycles. The van der Waals surface area contributed by atoms with Crippen molar-refractivity contribution in [2.24, 2.45) is 7.05 Å². The minimum Gasteiger partial charge on any atom is -0.507 e. The monoisotopic (exact) mass is 545 g/mol. The van der Waals surface area contributed by atoms with E-state index in [4.69, 9.17) is 9.47 Å². The van der Waals surface area contributed by atoms with E-state index in [1.54, 1.807) is 36.5 Å². The number of piperidine rings is 1. The number of Topliss-reactive ketones (excluding diaryl/α,β-unsaturated/α-hetero) is 1. The minimum absolute atomic E-state index is 0.0805. The molecule has 2 aliphatic rings. The summed E-state index contributed by atoms with van der Waals surface area (Å²) in [6, 6.07) is 11.6. The van der Waals surface area contributed by atoms with E-state index < -0.39 is 15.8 Å². The Kier molecular flexibility index (Phi) is 6.16. The second kappa shape index (κ2) is 9.55. The Bertz CT molecular complexity index is 1770. The molecule has 2 aromatic heterocycles. The number of allylic oxidation sites excluding steroid dienone is 1. The summed E-state index contributed by atoms with van der Waals surface area (Å²) in [6.07, 6.45) is 7.81. The second-order valence-corrected chi connectivity index (χ2v) is 11.6. The number of aryl methyl sites for hydroxylation is 1. The van der Waals surface area contributed by atoms with Gasteiger partial charge in [-0.3, -0.25) is 4.79 Å². The van der Waals surface area contributed by atoms with Crippen LogP contribution >= 0.6 is 0 Å². The smallest absolute Gasteiger partial charge is 0.246 e. The first-order chi connectivity index (χ1) is 18.8. The van der Waals surface area contributed by atoms with E-state index in [2.05, 4.69) is 4.98 Å². The molecular weight excluding hydrogens is 518 g/mol.